The van der Waals surface area contributed by atoms with Crippen molar-refractivity contribution < 1.29 is 9.53 Å². The van der Waals surface area contributed by atoms with Crippen molar-refractivity contribution in [3.05, 3.63) is 60.8 Å². The van der Waals surface area contributed by atoms with E-state index in [1.807, 2.05) is 29.2 Å². The zero-order chi connectivity index (χ0) is 18.6. The molecule has 2 aromatic heterocycles. The minimum absolute atomic E-state index is 0.00665. The summed E-state index contributed by atoms with van der Waals surface area (Å²) in [7, 11) is 1.66. The largest absolute Gasteiger partial charge is 0.497 e. The fourth-order valence-corrected chi connectivity index (χ4v) is 3.13. The summed E-state index contributed by atoms with van der Waals surface area (Å²) >= 11 is 0. The van der Waals surface area contributed by atoms with Crippen molar-refractivity contribution in [3.8, 4) is 11.6 Å². The molecule has 0 aliphatic carbocycles. The standard InChI is InChI=1S/C19H20N6O2/c1-27-17-5-3-16(4-6-17)23-8-10-24(11-9-23)19(26)15-2-7-18(20-12-15)25-13-21-22-14-25/h2-7,12-14H,8-11H2,1H3. The van der Waals surface area contributed by atoms with Gasteiger partial charge in [0.1, 0.15) is 24.2 Å². The van der Waals surface area contributed by atoms with Crippen LogP contribution in [-0.2, 0) is 0 Å². The van der Waals surface area contributed by atoms with Crippen molar-refractivity contribution in [1.29, 1.82) is 0 Å². The lowest BCUT2D eigenvalue weighted by Gasteiger charge is -2.36. The molecule has 27 heavy (non-hydrogen) atoms. The summed E-state index contributed by atoms with van der Waals surface area (Å²) in [5.74, 6) is 1.53. The Kier molecular flexibility index (Phi) is 4.69. The van der Waals surface area contributed by atoms with Crippen LogP contribution in [-0.4, -0.2) is 63.8 Å². The Hall–Kier alpha value is -3.42. The Bertz CT molecular complexity index is 885. The first kappa shape index (κ1) is 17.0. The van der Waals surface area contributed by atoms with E-state index in [2.05, 4.69) is 20.1 Å². The zero-order valence-corrected chi connectivity index (χ0v) is 15.0. The van der Waals surface area contributed by atoms with Crippen LogP contribution in [0.25, 0.3) is 5.82 Å². The Labute approximate surface area is 157 Å². The van der Waals surface area contributed by atoms with Crippen LogP contribution in [0.15, 0.2) is 55.2 Å². The normalized spacial score (nSPS) is 14.3. The number of piperazine rings is 1. The van der Waals surface area contributed by atoms with Crippen LogP contribution < -0.4 is 9.64 Å². The molecule has 4 rings (SSSR count). The molecule has 0 bridgehead atoms. The molecule has 0 unspecified atom stereocenters. The number of hydrogen-bond acceptors (Lipinski definition) is 6. The van der Waals surface area contributed by atoms with Gasteiger partial charge in [-0.25, -0.2) is 4.98 Å². The number of rotatable bonds is 4. The van der Waals surface area contributed by atoms with Crippen LogP contribution in [0.1, 0.15) is 10.4 Å². The lowest BCUT2D eigenvalue weighted by molar-refractivity contribution is 0.0746. The first-order valence-corrected chi connectivity index (χ1v) is 8.74. The lowest BCUT2D eigenvalue weighted by Crippen LogP contribution is -2.48. The molecule has 0 radical (unpaired) electrons. The number of ether oxygens (including phenoxy) is 1. The minimum Gasteiger partial charge on any atom is -0.497 e. The number of aromatic nitrogens is 4. The van der Waals surface area contributed by atoms with Gasteiger partial charge >= 0.3 is 0 Å². The number of carbonyl (C=O) groups excluding carboxylic acids is 1. The fraction of sp³-hybridized carbons (Fsp3) is 0.263. The van der Waals surface area contributed by atoms with Gasteiger partial charge in [0.05, 0.1) is 12.7 Å². The topological polar surface area (TPSA) is 76.4 Å². The van der Waals surface area contributed by atoms with Gasteiger partial charge in [0.15, 0.2) is 0 Å². The third-order valence-corrected chi connectivity index (χ3v) is 4.68. The minimum atomic E-state index is 0.00665. The molecule has 1 aliphatic heterocycles. The predicted octanol–water partition coefficient (Wildman–Crippen LogP) is 1.63. The third kappa shape index (κ3) is 3.59. The second-order valence-corrected chi connectivity index (χ2v) is 6.25. The summed E-state index contributed by atoms with van der Waals surface area (Å²) in [6.07, 6.45) is 4.75. The number of benzene rings is 1. The summed E-state index contributed by atoms with van der Waals surface area (Å²) in [5, 5.41) is 7.51. The summed E-state index contributed by atoms with van der Waals surface area (Å²) in [6.45, 7) is 2.95. The number of pyridine rings is 1. The van der Waals surface area contributed by atoms with Crippen molar-refractivity contribution >= 4 is 11.6 Å². The van der Waals surface area contributed by atoms with E-state index in [0.29, 0.717) is 24.5 Å². The molecule has 3 heterocycles. The van der Waals surface area contributed by atoms with Crippen molar-refractivity contribution in [2.24, 2.45) is 0 Å². The number of hydrogen-bond donors (Lipinski definition) is 0. The number of anilines is 1. The smallest absolute Gasteiger partial charge is 0.255 e. The number of nitrogens with zero attached hydrogens (tertiary/aromatic N) is 6. The van der Waals surface area contributed by atoms with Crippen LogP contribution in [0.5, 0.6) is 5.75 Å². The highest BCUT2D eigenvalue weighted by molar-refractivity contribution is 5.94. The number of carbonyl (C=O) groups is 1. The van der Waals surface area contributed by atoms with E-state index >= 15 is 0 Å². The quantitative estimate of drug-likeness (QED) is 0.700. The van der Waals surface area contributed by atoms with Crippen LogP contribution in [0.4, 0.5) is 5.69 Å². The van der Waals surface area contributed by atoms with Crippen LogP contribution in [0.3, 0.4) is 0 Å². The van der Waals surface area contributed by atoms with E-state index in [-0.39, 0.29) is 5.91 Å². The van der Waals surface area contributed by atoms with Gasteiger partial charge in [0.2, 0.25) is 0 Å². The highest BCUT2D eigenvalue weighted by Gasteiger charge is 2.22. The molecule has 1 fully saturated rings. The number of amides is 1. The molecule has 138 valence electrons. The SMILES string of the molecule is COc1ccc(N2CCN(C(=O)c3ccc(-n4cnnc4)nc3)CC2)cc1. The van der Waals surface area contributed by atoms with Crippen LogP contribution >= 0.6 is 0 Å². The van der Waals surface area contributed by atoms with Crippen LogP contribution in [0.2, 0.25) is 0 Å². The average molecular weight is 364 g/mol. The van der Waals surface area contributed by atoms with Gasteiger partial charge in [-0.05, 0) is 36.4 Å². The van der Waals surface area contributed by atoms with Gasteiger partial charge < -0.3 is 14.5 Å². The highest BCUT2D eigenvalue weighted by atomic mass is 16.5. The predicted molar refractivity (Wildman–Crippen MR) is 100 cm³/mol. The monoisotopic (exact) mass is 364 g/mol. The Balaban J connectivity index is 1.38. The molecule has 0 atom stereocenters. The first-order valence-electron chi connectivity index (χ1n) is 8.74. The molecular formula is C19H20N6O2. The van der Waals surface area contributed by atoms with Crippen molar-refractivity contribution in [2.45, 2.75) is 0 Å². The van der Waals surface area contributed by atoms with E-state index in [4.69, 9.17) is 4.74 Å². The van der Waals surface area contributed by atoms with Crippen LogP contribution in [0, 0.1) is 0 Å². The third-order valence-electron chi connectivity index (χ3n) is 4.68. The molecule has 0 spiro atoms. The molecule has 8 heteroatoms. The van der Waals surface area contributed by atoms with Gasteiger partial charge in [-0.15, -0.1) is 10.2 Å². The maximum Gasteiger partial charge on any atom is 0.255 e. The van der Waals surface area contributed by atoms with Gasteiger partial charge in [-0.2, -0.15) is 0 Å². The van der Waals surface area contributed by atoms with Gasteiger partial charge in [0, 0.05) is 38.1 Å². The summed E-state index contributed by atoms with van der Waals surface area (Å²) < 4.78 is 6.90. The summed E-state index contributed by atoms with van der Waals surface area (Å²) in [5.41, 5.74) is 1.73. The molecule has 1 amide bonds. The molecule has 1 saturated heterocycles. The highest BCUT2D eigenvalue weighted by Crippen LogP contribution is 2.21. The molecule has 1 aliphatic rings. The van der Waals surface area contributed by atoms with Crippen molar-refractivity contribution in [2.75, 3.05) is 38.2 Å². The van der Waals surface area contributed by atoms with Gasteiger partial charge in [-0.1, -0.05) is 0 Å². The maximum absolute atomic E-state index is 12.7. The zero-order valence-electron chi connectivity index (χ0n) is 15.0. The summed E-state index contributed by atoms with van der Waals surface area (Å²) in [4.78, 5) is 21.2. The van der Waals surface area contributed by atoms with Crippen molar-refractivity contribution in [3.63, 3.8) is 0 Å². The van der Waals surface area contributed by atoms with E-state index in [1.165, 1.54) is 0 Å². The second-order valence-electron chi connectivity index (χ2n) is 6.25. The fourth-order valence-electron chi connectivity index (χ4n) is 3.13. The van der Waals surface area contributed by atoms with E-state index in [0.717, 1.165) is 24.5 Å². The molecule has 8 nitrogen and oxygen atoms in total. The Morgan fingerprint density at radius 1 is 0.963 bits per heavy atom. The van der Waals surface area contributed by atoms with Gasteiger partial charge in [-0.3, -0.25) is 9.36 Å². The molecule has 0 saturated carbocycles. The van der Waals surface area contributed by atoms with E-state index in [1.54, 1.807) is 42.7 Å². The molecule has 0 N–H and O–H groups in total. The second kappa shape index (κ2) is 7.45. The number of methoxy groups -OCH3 is 1. The Morgan fingerprint density at radius 3 is 2.26 bits per heavy atom. The molecule has 1 aromatic carbocycles. The molecular weight excluding hydrogens is 344 g/mol. The van der Waals surface area contributed by atoms with E-state index < -0.39 is 0 Å². The average Bonchev–Trinajstić information content (AvgIpc) is 3.28. The Morgan fingerprint density at radius 2 is 1.67 bits per heavy atom. The maximum atomic E-state index is 12.7. The first-order chi connectivity index (χ1) is 13.2. The van der Waals surface area contributed by atoms with Gasteiger partial charge in [0.25, 0.3) is 5.91 Å². The lowest BCUT2D eigenvalue weighted by atomic mass is 10.2. The summed E-state index contributed by atoms with van der Waals surface area (Å²) in [6, 6.07) is 11.6. The van der Waals surface area contributed by atoms with Crippen molar-refractivity contribution in [1.82, 2.24) is 24.6 Å². The molecule has 3 aromatic rings. The van der Waals surface area contributed by atoms with E-state index in [9.17, 15) is 4.79 Å².